The summed E-state index contributed by atoms with van der Waals surface area (Å²) in [6.45, 7) is 3.97. The first-order valence-corrected chi connectivity index (χ1v) is 8.59. The van der Waals surface area contributed by atoms with Gasteiger partial charge in [0.1, 0.15) is 0 Å². The maximum atomic E-state index is 12.0. The quantitative estimate of drug-likeness (QED) is 0.905. The van der Waals surface area contributed by atoms with Crippen LogP contribution in [0.1, 0.15) is 24.1 Å². The Bertz CT molecular complexity index is 683. The maximum Gasteiger partial charge on any atom is 0.319 e. The van der Waals surface area contributed by atoms with Crippen LogP contribution in [0.4, 0.5) is 10.5 Å². The summed E-state index contributed by atoms with van der Waals surface area (Å²) < 4.78 is 11.3. The zero-order valence-corrected chi connectivity index (χ0v) is 13.7. The average Bonchev–Trinajstić information content (AvgIpc) is 2.48. The van der Waals surface area contributed by atoms with Crippen LogP contribution in [0.15, 0.2) is 53.4 Å². The molecule has 2 N–H and O–H groups in total. The van der Waals surface area contributed by atoms with Crippen LogP contribution < -0.4 is 10.6 Å². The number of benzene rings is 2. The number of anilines is 1. The number of hydrogen-bond donors (Lipinski definition) is 2. The number of carbonyl (C=O) groups is 1. The highest BCUT2D eigenvalue weighted by atomic mass is 32.2. The molecule has 2 atom stereocenters. The van der Waals surface area contributed by atoms with Crippen LogP contribution >= 0.6 is 0 Å². The third-order valence-corrected chi connectivity index (χ3v) is 4.38. The number of aryl methyl sites for hydroxylation is 1. The summed E-state index contributed by atoms with van der Waals surface area (Å²) in [4.78, 5) is 12.8. The highest BCUT2D eigenvalue weighted by Crippen LogP contribution is 2.17. The van der Waals surface area contributed by atoms with Crippen molar-refractivity contribution < 1.29 is 9.00 Å². The molecule has 22 heavy (non-hydrogen) atoms. The van der Waals surface area contributed by atoms with Gasteiger partial charge in [-0.05, 0) is 49.2 Å². The normalized spacial score (nSPS) is 13.2. The van der Waals surface area contributed by atoms with Crippen molar-refractivity contribution in [2.24, 2.45) is 0 Å². The molecule has 0 unspecified atom stereocenters. The summed E-state index contributed by atoms with van der Waals surface area (Å²) in [6, 6.07) is 14.6. The van der Waals surface area contributed by atoms with Gasteiger partial charge in [0, 0.05) is 27.6 Å². The van der Waals surface area contributed by atoms with Gasteiger partial charge in [0.15, 0.2) is 0 Å². The van der Waals surface area contributed by atoms with E-state index >= 15 is 0 Å². The molecule has 4 nitrogen and oxygen atoms in total. The van der Waals surface area contributed by atoms with Crippen molar-refractivity contribution in [1.29, 1.82) is 0 Å². The maximum absolute atomic E-state index is 12.0. The molecule has 0 fully saturated rings. The van der Waals surface area contributed by atoms with Crippen LogP contribution in [0.2, 0.25) is 0 Å². The van der Waals surface area contributed by atoms with E-state index in [2.05, 4.69) is 10.6 Å². The van der Waals surface area contributed by atoms with Crippen molar-refractivity contribution in [3.63, 3.8) is 0 Å². The van der Waals surface area contributed by atoms with Crippen LogP contribution in [-0.4, -0.2) is 16.5 Å². The van der Waals surface area contributed by atoms with Crippen molar-refractivity contribution in [2.75, 3.05) is 11.6 Å². The fourth-order valence-corrected chi connectivity index (χ4v) is 2.76. The van der Waals surface area contributed by atoms with Gasteiger partial charge in [-0.3, -0.25) is 4.21 Å². The molecule has 0 bridgehead atoms. The third kappa shape index (κ3) is 4.18. The molecular weight excluding hydrogens is 296 g/mol. The summed E-state index contributed by atoms with van der Waals surface area (Å²) >= 11 is 0. The number of urea groups is 1. The van der Waals surface area contributed by atoms with Gasteiger partial charge in [0.2, 0.25) is 0 Å². The molecule has 0 aliphatic rings. The Kier molecular flexibility index (Phi) is 5.33. The highest BCUT2D eigenvalue weighted by Gasteiger charge is 2.11. The van der Waals surface area contributed by atoms with Crippen LogP contribution in [-0.2, 0) is 10.8 Å². The topological polar surface area (TPSA) is 58.2 Å². The molecule has 2 aromatic rings. The second-order valence-corrected chi connectivity index (χ2v) is 6.53. The molecule has 0 saturated heterocycles. The molecule has 0 aromatic heterocycles. The first-order valence-electron chi connectivity index (χ1n) is 7.04. The van der Waals surface area contributed by atoms with Crippen LogP contribution in [0.3, 0.4) is 0 Å². The minimum absolute atomic E-state index is 0.0800. The standard InChI is InChI=1S/C17H20N2O2S/c1-12-6-4-5-7-16(12)13(2)18-17(20)19-14-8-10-15(11-9-14)22(3)21/h4-11,13H,1-3H3,(H2,18,19,20)/t13-,22+/m1/s1. The predicted octanol–water partition coefficient (Wildman–Crippen LogP) is 3.62. The zero-order chi connectivity index (χ0) is 16.1. The SMILES string of the molecule is Cc1ccccc1[C@@H](C)NC(=O)Nc1ccc([S@](C)=O)cc1. The number of carbonyl (C=O) groups excluding carboxylic acids is 1. The predicted molar refractivity (Wildman–Crippen MR) is 90.5 cm³/mol. The van der Waals surface area contributed by atoms with Crippen molar-refractivity contribution in [3.05, 3.63) is 59.7 Å². The van der Waals surface area contributed by atoms with Crippen molar-refractivity contribution in [1.82, 2.24) is 5.32 Å². The molecule has 2 rings (SSSR count). The van der Waals surface area contributed by atoms with Gasteiger partial charge in [0.25, 0.3) is 0 Å². The molecule has 0 saturated carbocycles. The van der Waals surface area contributed by atoms with Gasteiger partial charge >= 0.3 is 6.03 Å². The zero-order valence-electron chi connectivity index (χ0n) is 12.9. The average molecular weight is 316 g/mol. The van der Waals surface area contributed by atoms with Gasteiger partial charge in [0.05, 0.1) is 6.04 Å². The molecule has 0 heterocycles. The summed E-state index contributed by atoms with van der Waals surface area (Å²) in [5.41, 5.74) is 2.91. The molecule has 0 aliphatic carbocycles. The lowest BCUT2D eigenvalue weighted by atomic mass is 10.0. The molecule has 0 spiro atoms. The second-order valence-electron chi connectivity index (χ2n) is 5.16. The Balaban J connectivity index is 1.98. The lowest BCUT2D eigenvalue weighted by molar-refractivity contribution is 0.249. The van der Waals surface area contributed by atoms with E-state index in [9.17, 15) is 9.00 Å². The third-order valence-electron chi connectivity index (χ3n) is 3.45. The number of hydrogen-bond acceptors (Lipinski definition) is 2. The molecule has 5 heteroatoms. The van der Waals surface area contributed by atoms with Gasteiger partial charge in [-0.25, -0.2) is 4.79 Å². The van der Waals surface area contributed by atoms with Gasteiger partial charge in [-0.15, -0.1) is 0 Å². The Morgan fingerprint density at radius 2 is 1.73 bits per heavy atom. The van der Waals surface area contributed by atoms with E-state index in [1.807, 2.05) is 38.1 Å². The first-order chi connectivity index (χ1) is 10.5. The van der Waals surface area contributed by atoms with E-state index in [0.29, 0.717) is 5.69 Å². The van der Waals surface area contributed by atoms with Gasteiger partial charge < -0.3 is 10.6 Å². The van der Waals surface area contributed by atoms with Crippen molar-refractivity contribution >= 4 is 22.5 Å². The fourth-order valence-electron chi connectivity index (χ4n) is 2.24. The summed E-state index contributed by atoms with van der Waals surface area (Å²) in [5.74, 6) is 0. The summed E-state index contributed by atoms with van der Waals surface area (Å²) in [5, 5.41) is 5.69. The Morgan fingerprint density at radius 1 is 1.09 bits per heavy atom. The lowest BCUT2D eigenvalue weighted by Crippen LogP contribution is -2.31. The Hall–Kier alpha value is -2.14. The minimum Gasteiger partial charge on any atom is -0.331 e. The molecule has 0 aliphatic heterocycles. The lowest BCUT2D eigenvalue weighted by Gasteiger charge is -2.17. The minimum atomic E-state index is -1.01. The fraction of sp³-hybridized carbons (Fsp3) is 0.235. The summed E-state index contributed by atoms with van der Waals surface area (Å²) in [7, 11) is -1.01. The molecule has 116 valence electrons. The van der Waals surface area contributed by atoms with E-state index in [1.165, 1.54) is 0 Å². The van der Waals surface area contributed by atoms with Crippen LogP contribution in [0.25, 0.3) is 0 Å². The van der Waals surface area contributed by atoms with E-state index in [4.69, 9.17) is 0 Å². The van der Waals surface area contributed by atoms with Crippen LogP contribution in [0, 0.1) is 6.92 Å². The molecule has 2 aromatic carbocycles. The van der Waals surface area contributed by atoms with E-state index in [0.717, 1.165) is 16.0 Å². The van der Waals surface area contributed by atoms with Gasteiger partial charge in [-0.2, -0.15) is 0 Å². The monoisotopic (exact) mass is 316 g/mol. The van der Waals surface area contributed by atoms with Gasteiger partial charge in [-0.1, -0.05) is 24.3 Å². The largest absolute Gasteiger partial charge is 0.331 e. The Labute approximate surface area is 133 Å². The number of rotatable bonds is 4. The highest BCUT2D eigenvalue weighted by molar-refractivity contribution is 7.84. The van der Waals surface area contributed by atoms with E-state index < -0.39 is 10.8 Å². The molecular formula is C17H20N2O2S. The smallest absolute Gasteiger partial charge is 0.319 e. The van der Waals surface area contributed by atoms with Crippen molar-refractivity contribution in [2.45, 2.75) is 24.8 Å². The first kappa shape index (κ1) is 16.2. The Morgan fingerprint density at radius 3 is 2.32 bits per heavy atom. The molecule has 2 amide bonds. The molecule has 0 radical (unpaired) electrons. The number of amides is 2. The number of nitrogens with one attached hydrogen (secondary N) is 2. The van der Waals surface area contributed by atoms with Crippen molar-refractivity contribution in [3.8, 4) is 0 Å². The summed E-state index contributed by atoms with van der Waals surface area (Å²) in [6.07, 6.45) is 1.62. The van der Waals surface area contributed by atoms with Crippen LogP contribution in [0.5, 0.6) is 0 Å². The van der Waals surface area contributed by atoms with E-state index in [1.54, 1.807) is 30.5 Å². The van der Waals surface area contributed by atoms with E-state index in [-0.39, 0.29) is 12.1 Å². The second kappa shape index (κ2) is 7.22.